The SMILES string of the molecule is CCN(CC)c1ncc(/C=N\NC(=O)c2ccc(Cl)cc2)s1. The van der Waals surface area contributed by atoms with Gasteiger partial charge < -0.3 is 4.90 Å². The normalized spacial score (nSPS) is 10.9. The van der Waals surface area contributed by atoms with Gasteiger partial charge in [-0.3, -0.25) is 4.79 Å². The van der Waals surface area contributed by atoms with Crippen molar-refractivity contribution in [1.82, 2.24) is 10.4 Å². The number of aromatic nitrogens is 1. The predicted octanol–water partition coefficient (Wildman–Crippen LogP) is 3.41. The average Bonchev–Trinajstić information content (AvgIpc) is 2.98. The van der Waals surface area contributed by atoms with Crippen molar-refractivity contribution in [1.29, 1.82) is 0 Å². The fraction of sp³-hybridized carbons (Fsp3) is 0.267. The van der Waals surface area contributed by atoms with Gasteiger partial charge in [0.15, 0.2) is 5.13 Å². The van der Waals surface area contributed by atoms with Gasteiger partial charge in [0.2, 0.25) is 0 Å². The number of carbonyl (C=O) groups is 1. The zero-order chi connectivity index (χ0) is 15.9. The van der Waals surface area contributed by atoms with Crippen LogP contribution in [0.1, 0.15) is 29.1 Å². The van der Waals surface area contributed by atoms with Gasteiger partial charge in [-0.1, -0.05) is 22.9 Å². The van der Waals surface area contributed by atoms with E-state index in [0.29, 0.717) is 10.6 Å². The zero-order valence-electron chi connectivity index (χ0n) is 12.4. The van der Waals surface area contributed by atoms with E-state index < -0.39 is 0 Å². The number of nitrogens with zero attached hydrogens (tertiary/aromatic N) is 3. The highest BCUT2D eigenvalue weighted by Crippen LogP contribution is 2.20. The molecule has 0 saturated heterocycles. The first kappa shape index (κ1) is 16.5. The van der Waals surface area contributed by atoms with Crippen molar-refractivity contribution in [2.24, 2.45) is 5.10 Å². The average molecular weight is 337 g/mol. The minimum absolute atomic E-state index is 0.276. The molecule has 1 N–H and O–H groups in total. The minimum atomic E-state index is -0.276. The minimum Gasteiger partial charge on any atom is -0.349 e. The second-order valence-electron chi connectivity index (χ2n) is 4.42. The molecule has 0 aliphatic carbocycles. The van der Waals surface area contributed by atoms with Gasteiger partial charge in [0.25, 0.3) is 5.91 Å². The van der Waals surface area contributed by atoms with Crippen molar-refractivity contribution < 1.29 is 4.79 Å². The molecule has 0 aliphatic rings. The summed E-state index contributed by atoms with van der Waals surface area (Å²) in [6, 6.07) is 6.64. The van der Waals surface area contributed by atoms with Crippen LogP contribution in [0.15, 0.2) is 35.6 Å². The van der Waals surface area contributed by atoms with Crippen LogP contribution in [0.2, 0.25) is 5.02 Å². The maximum absolute atomic E-state index is 11.9. The lowest BCUT2D eigenvalue weighted by Crippen LogP contribution is -2.21. The molecule has 0 bridgehead atoms. The Hall–Kier alpha value is -1.92. The van der Waals surface area contributed by atoms with Gasteiger partial charge in [0.1, 0.15) is 0 Å². The van der Waals surface area contributed by atoms with E-state index in [9.17, 15) is 4.79 Å². The Balaban J connectivity index is 1.95. The molecule has 22 heavy (non-hydrogen) atoms. The zero-order valence-corrected chi connectivity index (χ0v) is 14.0. The van der Waals surface area contributed by atoms with Gasteiger partial charge in [0.05, 0.1) is 11.1 Å². The molecule has 0 fully saturated rings. The van der Waals surface area contributed by atoms with Crippen molar-refractivity contribution in [2.45, 2.75) is 13.8 Å². The molecular weight excluding hydrogens is 320 g/mol. The number of carbonyl (C=O) groups excluding carboxylic acids is 1. The van der Waals surface area contributed by atoms with E-state index in [1.807, 2.05) is 0 Å². The molecule has 1 aromatic heterocycles. The molecule has 5 nitrogen and oxygen atoms in total. The van der Waals surface area contributed by atoms with E-state index in [2.05, 4.69) is 34.3 Å². The molecule has 1 aromatic carbocycles. The molecule has 2 aromatic rings. The highest BCUT2D eigenvalue weighted by atomic mass is 35.5. The fourth-order valence-electron chi connectivity index (χ4n) is 1.80. The van der Waals surface area contributed by atoms with Crippen LogP contribution in [-0.4, -0.2) is 30.2 Å². The number of halogens is 1. The number of hydrogen-bond acceptors (Lipinski definition) is 5. The van der Waals surface area contributed by atoms with E-state index in [1.54, 1.807) is 36.7 Å². The first-order valence-electron chi connectivity index (χ1n) is 6.93. The summed E-state index contributed by atoms with van der Waals surface area (Å²) < 4.78 is 0. The standard InChI is InChI=1S/C15H17ClN4OS/c1-3-20(4-2)15-17-9-13(22-15)10-18-19-14(21)11-5-7-12(16)8-6-11/h5-10H,3-4H2,1-2H3,(H,19,21)/b18-10-. The van der Waals surface area contributed by atoms with Crippen LogP contribution in [-0.2, 0) is 0 Å². The van der Waals surface area contributed by atoms with E-state index >= 15 is 0 Å². The third-order valence-electron chi connectivity index (χ3n) is 3.01. The third-order valence-corrected chi connectivity index (χ3v) is 4.25. The van der Waals surface area contributed by atoms with Crippen LogP contribution in [0, 0.1) is 0 Å². The Morgan fingerprint density at radius 3 is 2.68 bits per heavy atom. The number of rotatable bonds is 6. The van der Waals surface area contributed by atoms with Gasteiger partial charge in [0, 0.05) is 29.9 Å². The Morgan fingerprint density at radius 2 is 2.05 bits per heavy atom. The fourth-order valence-corrected chi connectivity index (χ4v) is 2.84. The van der Waals surface area contributed by atoms with Gasteiger partial charge >= 0.3 is 0 Å². The molecule has 1 amide bonds. The highest BCUT2D eigenvalue weighted by Gasteiger charge is 2.07. The van der Waals surface area contributed by atoms with Crippen LogP contribution in [0.5, 0.6) is 0 Å². The molecule has 0 spiro atoms. The smallest absolute Gasteiger partial charge is 0.271 e. The summed E-state index contributed by atoms with van der Waals surface area (Å²) in [7, 11) is 0. The van der Waals surface area contributed by atoms with Gasteiger partial charge in [-0.15, -0.1) is 0 Å². The molecule has 0 saturated carbocycles. The number of nitrogens with one attached hydrogen (secondary N) is 1. The summed E-state index contributed by atoms with van der Waals surface area (Å²) in [6.45, 7) is 6.00. The number of thiazole rings is 1. The van der Waals surface area contributed by atoms with Crippen LogP contribution < -0.4 is 10.3 Å². The second-order valence-corrected chi connectivity index (χ2v) is 5.90. The molecule has 7 heteroatoms. The van der Waals surface area contributed by atoms with E-state index in [-0.39, 0.29) is 5.91 Å². The largest absolute Gasteiger partial charge is 0.349 e. The molecule has 0 atom stereocenters. The van der Waals surface area contributed by atoms with Gasteiger partial charge in [-0.05, 0) is 38.1 Å². The maximum atomic E-state index is 11.9. The Kier molecular flexibility index (Phi) is 5.91. The molecule has 116 valence electrons. The molecular formula is C15H17ClN4OS. The predicted molar refractivity (Wildman–Crippen MR) is 92.2 cm³/mol. The molecule has 0 radical (unpaired) electrons. The summed E-state index contributed by atoms with van der Waals surface area (Å²) >= 11 is 7.32. The Morgan fingerprint density at radius 1 is 1.36 bits per heavy atom. The first-order chi connectivity index (χ1) is 10.6. The van der Waals surface area contributed by atoms with E-state index in [0.717, 1.165) is 23.1 Å². The van der Waals surface area contributed by atoms with Gasteiger partial charge in [-0.25, -0.2) is 10.4 Å². The third kappa shape index (κ3) is 4.29. The van der Waals surface area contributed by atoms with E-state index in [4.69, 9.17) is 11.6 Å². The molecule has 0 aliphatic heterocycles. The number of benzene rings is 1. The Bertz CT molecular complexity index is 650. The summed E-state index contributed by atoms with van der Waals surface area (Å²) in [6.07, 6.45) is 3.34. The lowest BCUT2D eigenvalue weighted by atomic mass is 10.2. The number of anilines is 1. The van der Waals surface area contributed by atoms with Crippen LogP contribution >= 0.6 is 22.9 Å². The van der Waals surface area contributed by atoms with Crippen molar-refractivity contribution in [3.8, 4) is 0 Å². The van der Waals surface area contributed by atoms with Crippen LogP contribution in [0.25, 0.3) is 0 Å². The van der Waals surface area contributed by atoms with E-state index in [1.165, 1.54) is 11.3 Å². The van der Waals surface area contributed by atoms with Crippen LogP contribution in [0.4, 0.5) is 5.13 Å². The summed E-state index contributed by atoms with van der Waals surface area (Å²) in [5.74, 6) is -0.276. The molecule has 1 heterocycles. The summed E-state index contributed by atoms with van der Waals surface area (Å²) in [4.78, 5) is 19.3. The quantitative estimate of drug-likeness (QED) is 0.649. The van der Waals surface area contributed by atoms with Crippen molar-refractivity contribution in [3.05, 3.63) is 45.9 Å². The number of amides is 1. The highest BCUT2D eigenvalue weighted by molar-refractivity contribution is 7.17. The first-order valence-corrected chi connectivity index (χ1v) is 8.13. The Labute approximate surface area is 138 Å². The lowest BCUT2D eigenvalue weighted by Gasteiger charge is -2.16. The monoisotopic (exact) mass is 336 g/mol. The summed E-state index contributed by atoms with van der Waals surface area (Å²) in [5.41, 5.74) is 3.00. The molecule has 0 unspecified atom stereocenters. The lowest BCUT2D eigenvalue weighted by molar-refractivity contribution is 0.0955. The molecule has 2 rings (SSSR count). The number of hydrogen-bond donors (Lipinski definition) is 1. The summed E-state index contributed by atoms with van der Waals surface area (Å²) in [5, 5.41) is 5.50. The van der Waals surface area contributed by atoms with Crippen molar-refractivity contribution in [3.63, 3.8) is 0 Å². The maximum Gasteiger partial charge on any atom is 0.271 e. The van der Waals surface area contributed by atoms with Crippen molar-refractivity contribution >= 4 is 40.2 Å². The van der Waals surface area contributed by atoms with Crippen molar-refractivity contribution in [2.75, 3.05) is 18.0 Å². The second kappa shape index (κ2) is 7.91. The van der Waals surface area contributed by atoms with Gasteiger partial charge in [-0.2, -0.15) is 5.10 Å². The van der Waals surface area contributed by atoms with Crippen LogP contribution in [0.3, 0.4) is 0 Å². The number of hydrazone groups is 1. The topological polar surface area (TPSA) is 57.6 Å².